The maximum absolute atomic E-state index is 6.44. The molecule has 0 amide bonds. The van der Waals surface area contributed by atoms with E-state index in [0.29, 0.717) is 16.0 Å². The van der Waals surface area contributed by atoms with Crippen LogP contribution in [0, 0.1) is 0 Å². The minimum atomic E-state index is 0.486. The van der Waals surface area contributed by atoms with Crippen molar-refractivity contribution in [1.29, 1.82) is 0 Å². The van der Waals surface area contributed by atoms with Crippen molar-refractivity contribution in [3.63, 3.8) is 0 Å². The molecule has 1 aromatic carbocycles. The van der Waals surface area contributed by atoms with Crippen molar-refractivity contribution in [1.82, 2.24) is 9.97 Å². The highest BCUT2D eigenvalue weighted by Crippen LogP contribution is 2.39. The van der Waals surface area contributed by atoms with Crippen LogP contribution in [0.4, 0.5) is 0 Å². The van der Waals surface area contributed by atoms with Gasteiger partial charge in [-0.05, 0) is 35.7 Å². The topological polar surface area (TPSA) is 25.8 Å². The molecule has 0 unspecified atom stereocenters. The summed E-state index contributed by atoms with van der Waals surface area (Å²) in [7, 11) is 0. The summed E-state index contributed by atoms with van der Waals surface area (Å²) in [5, 5.41) is 6.23. The minimum Gasteiger partial charge on any atom is -0.217 e. The van der Waals surface area contributed by atoms with Crippen molar-refractivity contribution < 1.29 is 0 Å². The maximum atomic E-state index is 6.44. The molecule has 0 spiro atoms. The highest BCUT2D eigenvalue weighted by molar-refractivity contribution is 7.18. The van der Waals surface area contributed by atoms with Gasteiger partial charge >= 0.3 is 0 Å². The normalized spacial score (nSPS) is 11.2. The number of nitrogens with zero attached hydrogens (tertiary/aromatic N) is 2. The van der Waals surface area contributed by atoms with Crippen molar-refractivity contribution in [3.8, 4) is 21.8 Å². The molecule has 0 aliphatic carbocycles. The molecule has 0 aliphatic rings. The predicted octanol–water partition coefficient (Wildman–Crippen LogP) is 6.39. The van der Waals surface area contributed by atoms with E-state index in [1.54, 1.807) is 22.7 Å². The monoisotopic (exact) mass is 362 g/mol. The molecule has 0 N–H and O–H groups in total. The lowest BCUT2D eigenvalue weighted by molar-refractivity contribution is 1.24. The number of fused-ring (bicyclic) bond motifs is 1. The average molecular weight is 363 g/mol. The zero-order valence-electron chi connectivity index (χ0n) is 11.1. The molecule has 3 aromatic heterocycles. The summed E-state index contributed by atoms with van der Waals surface area (Å²) >= 11 is 15.6. The van der Waals surface area contributed by atoms with Crippen LogP contribution in [0.15, 0.2) is 47.2 Å². The molecule has 0 atom stereocenters. The van der Waals surface area contributed by atoms with Gasteiger partial charge in [-0.3, -0.25) is 0 Å². The molecule has 0 radical (unpaired) electrons. The van der Waals surface area contributed by atoms with E-state index in [0.717, 1.165) is 21.3 Å². The van der Waals surface area contributed by atoms with E-state index in [1.165, 1.54) is 4.88 Å². The Morgan fingerprint density at radius 1 is 0.909 bits per heavy atom. The lowest BCUT2D eigenvalue weighted by Gasteiger charge is -2.03. The fourth-order valence-corrected chi connectivity index (χ4v) is 4.46. The Morgan fingerprint density at radius 2 is 1.73 bits per heavy atom. The number of thiophene rings is 2. The predicted molar refractivity (Wildman–Crippen MR) is 96.2 cm³/mol. The Hall–Kier alpha value is -1.46. The van der Waals surface area contributed by atoms with Crippen LogP contribution in [0.3, 0.4) is 0 Å². The van der Waals surface area contributed by atoms with Crippen LogP contribution in [-0.2, 0) is 0 Å². The second-order valence-corrected chi connectivity index (χ2v) is 7.25. The number of benzene rings is 1. The molecule has 4 rings (SSSR count). The zero-order chi connectivity index (χ0) is 15.1. The molecule has 108 valence electrons. The number of hydrogen-bond donors (Lipinski definition) is 0. The molecule has 2 nitrogen and oxygen atoms in total. The van der Waals surface area contributed by atoms with E-state index in [4.69, 9.17) is 23.2 Å². The molecule has 22 heavy (non-hydrogen) atoms. The summed E-state index contributed by atoms with van der Waals surface area (Å²) in [6.45, 7) is 0. The van der Waals surface area contributed by atoms with E-state index < -0.39 is 0 Å². The number of hydrogen-bond acceptors (Lipinski definition) is 4. The van der Waals surface area contributed by atoms with Gasteiger partial charge in [-0.25, -0.2) is 9.97 Å². The molecule has 0 saturated carbocycles. The van der Waals surface area contributed by atoms with Gasteiger partial charge in [0.2, 0.25) is 0 Å². The summed E-state index contributed by atoms with van der Waals surface area (Å²) in [5.74, 6) is 0.619. The average Bonchev–Trinajstić information content (AvgIpc) is 3.16. The van der Waals surface area contributed by atoms with Crippen molar-refractivity contribution in [2.75, 3.05) is 0 Å². The summed E-state index contributed by atoms with van der Waals surface area (Å²) in [4.78, 5) is 11.2. The molecule has 0 aliphatic heterocycles. The lowest BCUT2D eigenvalue weighted by atomic mass is 10.2. The Bertz CT molecular complexity index is 944. The van der Waals surface area contributed by atoms with Crippen LogP contribution in [0.25, 0.3) is 32.0 Å². The van der Waals surface area contributed by atoms with Gasteiger partial charge in [-0.2, -0.15) is 0 Å². The molecular formula is C16H8Cl2N2S2. The fourth-order valence-electron chi connectivity index (χ4n) is 2.24. The lowest BCUT2D eigenvalue weighted by Crippen LogP contribution is -1.90. The maximum Gasteiger partial charge on any atom is 0.162 e. The molecule has 0 bridgehead atoms. The quantitative estimate of drug-likeness (QED) is 0.386. The van der Waals surface area contributed by atoms with Crippen LogP contribution in [0.5, 0.6) is 0 Å². The van der Waals surface area contributed by atoms with Gasteiger partial charge in [0.05, 0.1) is 5.39 Å². The molecule has 3 heterocycles. The first-order valence-corrected chi connectivity index (χ1v) is 8.98. The van der Waals surface area contributed by atoms with E-state index in [-0.39, 0.29) is 0 Å². The van der Waals surface area contributed by atoms with Crippen LogP contribution in [0.2, 0.25) is 10.2 Å². The summed E-state index contributed by atoms with van der Waals surface area (Å²) < 4.78 is 0. The smallest absolute Gasteiger partial charge is 0.162 e. The Labute approximate surface area is 145 Å². The third-order valence-corrected chi connectivity index (χ3v) is 5.58. The van der Waals surface area contributed by atoms with Gasteiger partial charge in [-0.15, -0.1) is 22.7 Å². The second-order valence-electron chi connectivity index (χ2n) is 4.65. The molecule has 0 fully saturated rings. The minimum absolute atomic E-state index is 0.486. The summed E-state index contributed by atoms with van der Waals surface area (Å²) in [6.07, 6.45) is 0. The first-order valence-electron chi connectivity index (χ1n) is 6.47. The van der Waals surface area contributed by atoms with E-state index in [9.17, 15) is 0 Å². The first kappa shape index (κ1) is 14.2. The van der Waals surface area contributed by atoms with E-state index in [1.807, 2.05) is 30.3 Å². The molecule has 0 saturated heterocycles. The van der Waals surface area contributed by atoms with Gasteiger partial charge in [0.1, 0.15) is 9.98 Å². The highest BCUT2D eigenvalue weighted by Gasteiger charge is 2.15. The number of rotatable bonds is 2. The second kappa shape index (κ2) is 5.63. The van der Waals surface area contributed by atoms with E-state index in [2.05, 4.69) is 26.8 Å². The van der Waals surface area contributed by atoms with Crippen molar-refractivity contribution in [3.05, 3.63) is 57.3 Å². The van der Waals surface area contributed by atoms with Crippen molar-refractivity contribution in [2.24, 2.45) is 0 Å². The third kappa shape index (κ3) is 2.42. The van der Waals surface area contributed by atoms with Crippen molar-refractivity contribution >= 4 is 56.1 Å². The molecule has 6 heteroatoms. The standard InChI is InChI=1S/C16H8Cl2N2S2/c17-10-5-3-9(4-6-10)15-19-14(18)13-11(8-22-16(13)20-15)12-2-1-7-21-12/h1-8H. The van der Waals surface area contributed by atoms with Gasteiger partial charge < -0.3 is 0 Å². The van der Waals surface area contributed by atoms with Gasteiger partial charge in [0, 0.05) is 26.4 Å². The SMILES string of the molecule is Clc1ccc(-c2nc(Cl)c3c(-c4cccs4)csc3n2)cc1. The van der Waals surface area contributed by atoms with E-state index >= 15 is 0 Å². The van der Waals surface area contributed by atoms with Crippen LogP contribution in [-0.4, -0.2) is 9.97 Å². The zero-order valence-corrected chi connectivity index (χ0v) is 14.2. The van der Waals surface area contributed by atoms with Gasteiger partial charge in [-0.1, -0.05) is 29.3 Å². The Morgan fingerprint density at radius 3 is 2.45 bits per heavy atom. The van der Waals surface area contributed by atoms with Crippen LogP contribution < -0.4 is 0 Å². The van der Waals surface area contributed by atoms with Gasteiger partial charge in [0.15, 0.2) is 5.82 Å². The number of aromatic nitrogens is 2. The fraction of sp³-hybridized carbons (Fsp3) is 0. The Balaban J connectivity index is 1.90. The summed E-state index contributed by atoms with van der Waals surface area (Å²) in [5.41, 5.74) is 2.00. The first-order chi connectivity index (χ1) is 10.7. The third-order valence-electron chi connectivity index (χ3n) is 3.28. The van der Waals surface area contributed by atoms with Crippen LogP contribution in [0.1, 0.15) is 0 Å². The highest BCUT2D eigenvalue weighted by atomic mass is 35.5. The summed E-state index contributed by atoms with van der Waals surface area (Å²) in [6, 6.07) is 11.5. The Kier molecular flexibility index (Phi) is 3.62. The van der Waals surface area contributed by atoms with Crippen LogP contribution >= 0.6 is 45.9 Å². The molecular weight excluding hydrogens is 355 g/mol. The van der Waals surface area contributed by atoms with Gasteiger partial charge in [0.25, 0.3) is 0 Å². The van der Waals surface area contributed by atoms with Crippen molar-refractivity contribution in [2.45, 2.75) is 0 Å². The largest absolute Gasteiger partial charge is 0.217 e. The number of halogens is 2. The molecule has 4 aromatic rings.